The van der Waals surface area contributed by atoms with E-state index in [0.717, 1.165) is 6.07 Å². The first kappa shape index (κ1) is 12.3. The highest BCUT2D eigenvalue weighted by Gasteiger charge is 2.18. The summed E-state index contributed by atoms with van der Waals surface area (Å²) in [5.74, 6) is -1.68. The smallest absolute Gasteiger partial charge is 0.307 e. The van der Waals surface area contributed by atoms with Crippen molar-refractivity contribution < 1.29 is 19.0 Å². The van der Waals surface area contributed by atoms with Crippen LogP contribution in [0.3, 0.4) is 0 Å². The van der Waals surface area contributed by atoms with Crippen molar-refractivity contribution in [2.75, 3.05) is 12.8 Å². The molecule has 0 unspecified atom stereocenters. The minimum atomic E-state index is -0.782. The van der Waals surface area contributed by atoms with Crippen LogP contribution in [0.2, 0.25) is 0 Å². The molecular weight excluding hydrogens is 215 g/mol. The van der Waals surface area contributed by atoms with E-state index in [1.807, 2.05) is 0 Å². The Kier molecular flexibility index (Phi) is 3.68. The van der Waals surface area contributed by atoms with E-state index in [1.54, 1.807) is 0 Å². The molecule has 6 heteroatoms. The van der Waals surface area contributed by atoms with Crippen LogP contribution in [0.15, 0.2) is 12.1 Å². The van der Waals surface area contributed by atoms with Crippen LogP contribution >= 0.6 is 0 Å². The Morgan fingerprint density at radius 2 is 2.25 bits per heavy atom. The summed E-state index contributed by atoms with van der Waals surface area (Å²) in [5.41, 5.74) is 10.8. The van der Waals surface area contributed by atoms with Crippen LogP contribution in [0.5, 0.6) is 5.75 Å². The van der Waals surface area contributed by atoms with Gasteiger partial charge in [-0.25, -0.2) is 4.39 Å². The Morgan fingerprint density at radius 3 is 2.81 bits per heavy atom. The SMILES string of the molecule is COC(=O)C[C@H](N)c1ccc(F)c(N)c1O. The lowest BCUT2D eigenvalue weighted by Crippen LogP contribution is -2.17. The van der Waals surface area contributed by atoms with Gasteiger partial charge in [0.05, 0.1) is 13.5 Å². The summed E-state index contributed by atoms with van der Waals surface area (Å²) in [6.45, 7) is 0. The van der Waals surface area contributed by atoms with E-state index in [4.69, 9.17) is 11.5 Å². The minimum Gasteiger partial charge on any atom is -0.505 e. The third-order valence-electron chi connectivity index (χ3n) is 2.21. The Morgan fingerprint density at radius 1 is 1.62 bits per heavy atom. The molecule has 1 aromatic carbocycles. The Bertz CT molecular complexity index is 409. The van der Waals surface area contributed by atoms with E-state index in [-0.39, 0.29) is 17.7 Å². The van der Waals surface area contributed by atoms with Crippen molar-refractivity contribution in [1.82, 2.24) is 0 Å². The third-order valence-corrected chi connectivity index (χ3v) is 2.21. The molecule has 0 saturated carbocycles. The normalized spacial score (nSPS) is 12.2. The number of carbonyl (C=O) groups excluding carboxylic acids is 1. The fourth-order valence-corrected chi connectivity index (χ4v) is 1.27. The topological polar surface area (TPSA) is 98.6 Å². The molecule has 5 N–H and O–H groups in total. The van der Waals surface area contributed by atoms with Crippen molar-refractivity contribution in [1.29, 1.82) is 0 Å². The highest BCUT2D eigenvalue weighted by Crippen LogP contribution is 2.32. The number of hydrogen-bond acceptors (Lipinski definition) is 5. The second-order valence-corrected chi connectivity index (χ2v) is 3.29. The van der Waals surface area contributed by atoms with Crippen LogP contribution in [0.25, 0.3) is 0 Å². The Balaban J connectivity index is 2.96. The fraction of sp³-hybridized carbons (Fsp3) is 0.300. The predicted molar refractivity (Wildman–Crippen MR) is 56.0 cm³/mol. The van der Waals surface area contributed by atoms with Crippen molar-refractivity contribution in [2.24, 2.45) is 5.73 Å². The van der Waals surface area contributed by atoms with E-state index in [2.05, 4.69) is 4.74 Å². The van der Waals surface area contributed by atoms with Gasteiger partial charge in [-0.3, -0.25) is 4.79 Å². The van der Waals surface area contributed by atoms with Gasteiger partial charge in [0.25, 0.3) is 0 Å². The molecule has 0 spiro atoms. The number of carbonyl (C=O) groups is 1. The van der Waals surface area contributed by atoms with Crippen molar-refractivity contribution in [3.8, 4) is 5.75 Å². The van der Waals surface area contributed by atoms with Crippen LogP contribution in [0.1, 0.15) is 18.0 Å². The van der Waals surface area contributed by atoms with E-state index < -0.39 is 23.6 Å². The van der Waals surface area contributed by atoms with Crippen LogP contribution in [0.4, 0.5) is 10.1 Å². The van der Waals surface area contributed by atoms with Gasteiger partial charge in [0, 0.05) is 11.6 Å². The number of anilines is 1. The number of hydrogen-bond donors (Lipinski definition) is 3. The molecular formula is C10H13FN2O3. The predicted octanol–water partition coefficient (Wildman–Crippen LogP) is 0.676. The second kappa shape index (κ2) is 4.80. The van der Waals surface area contributed by atoms with Crippen molar-refractivity contribution in [3.63, 3.8) is 0 Å². The lowest BCUT2D eigenvalue weighted by Gasteiger charge is -2.13. The van der Waals surface area contributed by atoms with Gasteiger partial charge in [-0.1, -0.05) is 6.07 Å². The number of rotatable bonds is 3. The molecule has 16 heavy (non-hydrogen) atoms. The van der Waals surface area contributed by atoms with Gasteiger partial charge in [-0.05, 0) is 6.07 Å². The highest BCUT2D eigenvalue weighted by atomic mass is 19.1. The second-order valence-electron chi connectivity index (χ2n) is 3.29. The van der Waals surface area contributed by atoms with Crippen LogP contribution < -0.4 is 11.5 Å². The molecule has 0 aliphatic carbocycles. The zero-order valence-corrected chi connectivity index (χ0v) is 8.74. The quantitative estimate of drug-likeness (QED) is 0.401. The molecule has 0 fully saturated rings. The zero-order valence-electron chi connectivity index (χ0n) is 8.74. The monoisotopic (exact) mass is 228 g/mol. The maximum atomic E-state index is 12.9. The molecule has 0 aliphatic heterocycles. The van der Waals surface area contributed by atoms with Gasteiger partial charge >= 0.3 is 5.97 Å². The van der Waals surface area contributed by atoms with E-state index in [0.29, 0.717) is 0 Å². The lowest BCUT2D eigenvalue weighted by atomic mass is 10.0. The molecule has 0 heterocycles. The zero-order chi connectivity index (χ0) is 12.3. The largest absolute Gasteiger partial charge is 0.505 e. The van der Waals surface area contributed by atoms with Crippen LogP contribution in [-0.2, 0) is 9.53 Å². The number of phenolic OH excluding ortho intramolecular Hbond substituents is 1. The number of halogens is 1. The highest BCUT2D eigenvalue weighted by molar-refractivity contribution is 5.71. The number of methoxy groups -OCH3 is 1. The summed E-state index contributed by atoms with van der Waals surface area (Å²) < 4.78 is 17.4. The van der Waals surface area contributed by atoms with Crippen molar-refractivity contribution in [2.45, 2.75) is 12.5 Å². The number of nitrogen functional groups attached to an aromatic ring is 1. The molecule has 1 atom stereocenters. The number of phenols is 1. The van der Waals surface area contributed by atoms with Gasteiger partial charge in [0.2, 0.25) is 0 Å². The van der Waals surface area contributed by atoms with Gasteiger partial charge in [-0.2, -0.15) is 0 Å². The maximum Gasteiger partial charge on any atom is 0.307 e. The van der Waals surface area contributed by atoms with Crippen molar-refractivity contribution >= 4 is 11.7 Å². The molecule has 0 bridgehead atoms. The first-order valence-electron chi connectivity index (χ1n) is 4.56. The molecule has 0 radical (unpaired) electrons. The fourth-order valence-electron chi connectivity index (χ4n) is 1.27. The summed E-state index contributed by atoms with van der Waals surface area (Å²) in [4.78, 5) is 11.0. The summed E-state index contributed by atoms with van der Waals surface area (Å²) >= 11 is 0. The number of esters is 1. The van der Waals surface area contributed by atoms with Crippen LogP contribution in [-0.4, -0.2) is 18.2 Å². The van der Waals surface area contributed by atoms with E-state index in [9.17, 15) is 14.3 Å². The number of ether oxygens (including phenoxy) is 1. The van der Waals surface area contributed by atoms with Crippen molar-refractivity contribution in [3.05, 3.63) is 23.5 Å². The first-order chi connectivity index (χ1) is 7.47. The average molecular weight is 228 g/mol. The Labute approximate surface area is 91.8 Å². The molecule has 0 aromatic heterocycles. The molecule has 0 aliphatic rings. The van der Waals surface area contributed by atoms with Gasteiger partial charge < -0.3 is 21.3 Å². The van der Waals surface area contributed by atoms with E-state index >= 15 is 0 Å². The molecule has 1 rings (SSSR count). The van der Waals surface area contributed by atoms with Gasteiger partial charge in [-0.15, -0.1) is 0 Å². The standard InChI is InChI=1S/C10H13FN2O3/c1-16-8(14)4-7(12)5-2-3-6(11)9(13)10(5)15/h2-3,7,15H,4,12-13H2,1H3/t7-/m0/s1. The third kappa shape index (κ3) is 2.40. The van der Waals surface area contributed by atoms with Crippen LogP contribution in [0, 0.1) is 5.82 Å². The molecule has 5 nitrogen and oxygen atoms in total. The number of benzene rings is 1. The lowest BCUT2D eigenvalue weighted by molar-refractivity contribution is -0.141. The summed E-state index contributed by atoms with van der Waals surface area (Å²) in [6, 6.07) is 1.59. The first-order valence-corrected chi connectivity index (χ1v) is 4.56. The summed E-state index contributed by atoms with van der Waals surface area (Å²) in [6.07, 6.45) is -0.116. The summed E-state index contributed by atoms with van der Waals surface area (Å²) in [7, 11) is 1.23. The number of aromatic hydroxyl groups is 1. The minimum absolute atomic E-state index is 0.116. The van der Waals surface area contributed by atoms with Gasteiger partial charge in [0.15, 0.2) is 0 Å². The summed E-state index contributed by atoms with van der Waals surface area (Å²) in [5, 5.41) is 9.54. The number of nitrogens with two attached hydrogens (primary N) is 2. The van der Waals surface area contributed by atoms with Gasteiger partial charge in [0.1, 0.15) is 17.3 Å². The Hall–Kier alpha value is -1.82. The molecule has 1 aromatic rings. The molecule has 88 valence electrons. The molecule has 0 saturated heterocycles. The maximum absolute atomic E-state index is 12.9. The molecule has 0 amide bonds. The average Bonchev–Trinajstić information content (AvgIpc) is 2.25. The van der Waals surface area contributed by atoms with E-state index in [1.165, 1.54) is 13.2 Å².